The van der Waals surface area contributed by atoms with Gasteiger partial charge in [0.2, 0.25) is 0 Å². The monoisotopic (exact) mass is 352 g/mol. The van der Waals surface area contributed by atoms with Crippen molar-refractivity contribution in [1.29, 1.82) is 0 Å². The Labute approximate surface area is 144 Å². The highest BCUT2D eigenvalue weighted by atomic mass is 19.4. The van der Waals surface area contributed by atoms with Gasteiger partial charge >= 0.3 is 12.3 Å². The number of anilines is 2. The number of hydrogen-bond donors (Lipinski definition) is 1. The van der Waals surface area contributed by atoms with Gasteiger partial charge in [-0.1, -0.05) is 24.3 Å². The fourth-order valence-corrected chi connectivity index (χ4v) is 2.27. The topological polar surface area (TPSA) is 41.6 Å². The van der Waals surface area contributed by atoms with Crippen molar-refractivity contribution >= 4 is 17.5 Å². The molecular formula is C18H19F3N2O2. The number of alkyl halides is 3. The van der Waals surface area contributed by atoms with Crippen LogP contribution in [-0.2, 0) is 10.9 Å². The lowest BCUT2D eigenvalue weighted by Crippen LogP contribution is -2.29. The van der Waals surface area contributed by atoms with Crippen LogP contribution < -0.4 is 10.2 Å². The maximum atomic E-state index is 12.8. The lowest BCUT2D eigenvalue weighted by Gasteiger charge is -2.23. The molecule has 1 N–H and O–H groups in total. The summed E-state index contributed by atoms with van der Waals surface area (Å²) in [6.45, 7) is 2.66. The molecule has 0 aliphatic rings. The summed E-state index contributed by atoms with van der Waals surface area (Å²) in [6.07, 6.45) is -4.99. The number of halogens is 3. The first kappa shape index (κ1) is 18.6. The normalized spacial score (nSPS) is 11.0. The first-order chi connectivity index (χ1) is 11.9. The van der Waals surface area contributed by atoms with Crippen molar-refractivity contribution in [2.24, 2.45) is 0 Å². The molecule has 0 aromatic heterocycles. The Kier molecular flexibility index (Phi) is 6.27. The highest BCUT2D eigenvalue weighted by Crippen LogP contribution is 2.31. The first-order valence-electron chi connectivity index (χ1n) is 7.81. The molecule has 0 heterocycles. The molecule has 0 aliphatic carbocycles. The minimum absolute atomic E-state index is 0.0583. The van der Waals surface area contributed by atoms with Crippen LogP contribution in [0.3, 0.4) is 0 Å². The van der Waals surface area contributed by atoms with E-state index in [2.05, 4.69) is 5.32 Å². The Morgan fingerprint density at radius 2 is 1.84 bits per heavy atom. The second-order valence-corrected chi connectivity index (χ2v) is 5.25. The molecule has 0 radical (unpaired) electrons. The number of ether oxygens (including phenoxy) is 1. The summed E-state index contributed by atoms with van der Waals surface area (Å²) < 4.78 is 43.5. The van der Waals surface area contributed by atoms with E-state index in [1.54, 1.807) is 35.2 Å². The van der Waals surface area contributed by atoms with Gasteiger partial charge in [-0.3, -0.25) is 5.32 Å². The molecule has 0 atom stereocenters. The zero-order chi connectivity index (χ0) is 18.3. The van der Waals surface area contributed by atoms with Gasteiger partial charge < -0.3 is 9.64 Å². The molecule has 0 saturated carbocycles. The Morgan fingerprint density at radius 1 is 1.12 bits per heavy atom. The van der Waals surface area contributed by atoms with E-state index in [1.807, 2.05) is 13.0 Å². The van der Waals surface area contributed by atoms with Crippen LogP contribution in [0, 0.1) is 0 Å². The third-order valence-corrected chi connectivity index (χ3v) is 3.53. The van der Waals surface area contributed by atoms with Crippen LogP contribution in [0.5, 0.6) is 0 Å². The third kappa shape index (κ3) is 5.70. The number of carbonyl (C=O) groups excluding carboxylic acids is 1. The second-order valence-electron chi connectivity index (χ2n) is 5.25. The molecule has 0 bridgehead atoms. The molecule has 0 spiro atoms. The standard InChI is InChI=1S/C18H19F3N2O2/c1-2-23(16-10-6-7-14(13-16)18(19,20)21)11-12-25-17(24)22-15-8-4-3-5-9-15/h3-10,13H,2,11-12H2,1H3,(H,22,24). The Balaban J connectivity index is 1.89. The van der Waals surface area contributed by atoms with E-state index in [0.29, 0.717) is 24.5 Å². The fourth-order valence-electron chi connectivity index (χ4n) is 2.27. The van der Waals surface area contributed by atoms with E-state index in [0.717, 1.165) is 12.1 Å². The largest absolute Gasteiger partial charge is 0.447 e. The quantitative estimate of drug-likeness (QED) is 0.813. The fraction of sp³-hybridized carbons (Fsp3) is 0.278. The lowest BCUT2D eigenvalue weighted by atomic mass is 10.2. The molecule has 2 rings (SSSR count). The van der Waals surface area contributed by atoms with E-state index in [-0.39, 0.29) is 6.61 Å². The van der Waals surface area contributed by atoms with Gasteiger partial charge in [0, 0.05) is 17.9 Å². The van der Waals surface area contributed by atoms with Gasteiger partial charge in [-0.2, -0.15) is 13.2 Å². The summed E-state index contributed by atoms with van der Waals surface area (Å²) in [4.78, 5) is 13.4. The Morgan fingerprint density at radius 3 is 2.48 bits per heavy atom. The zero-order valence-corrected chi connectivity index (χ0v) is 13.7. The van der Waals surface area contributed by atoms with Crippen molar-refractivity contribution in [2.45, 2.75) is 13.1 Å². The molecule has 2 aromatic rings. The van der Waals surface area contributed by atoms with Crippen LogP contribution in [0.1, 0.15) is 12.5 Å². The Bertz CT molecular complexity index is 690. The summed E-state index contributed by atoms with van der Waals surface area (Å²) in [5.74, 6) is 0. The minimum atomic E-state index is -4.39. The smallest absolute Gasteiger partial charge is 0.416 e. The first-order valence-corrected chi connectivity index (χ1v) is 7.81. The number of para-hydroxylation sites is 1. The molecule has 0 unspecified atom stereocenters. The number of nitrogens with zero attached hydrogens (tertiary/aromatic N) is 1. The van der Waals surface area contributed by atoms with Crippen molar-refractivity contribution < 1.29 is 22.7 Å². The molecule has 1 amide bonds. The molecule has 0 fully saturated rings. The number of likely N-dealkylation sites (N-methyl/N-ethyl adjacent to an activating group) is 1. The van der Waals surface area contributed by atoms with Gasteiger partial charge in [0.15, 0.2) is 0 Å². The molecule has 0 aliphatic heterocycles. The summed E-state index contributed by atoms with van der Waals surface area (Å²) >= 11 is 0. The van der Waals surface area contributed by atoms with E-state index < -0.39 is 17.8 Å². The van der Waals surface area contributed by atoms with Crippen LogP contribution in [0.2, 0.25) is 0 Å². The third-order valence-electron chi connectivity index (χ3n) is 3.53. The number of hydrogen-bond acceptors (Lipinski definition) is 3. The molecule has 25 heavy (non-hydrogen) atoms. The predicted molar refractivity (Wildman–Crippen MR) is 90.7 cm³/mol. The van der Waals surface area contributed by atoms with Crippen LogP contribution in [-0.4, -0.2) is 25.8 Å². The summed E-state index contributed by atoms with van der Waals surface area (Å²) in [6, 6.07) is 13.9. The highest BCUT2D eigenvalue weighted by molar-refractivity contribution is 5.84. The maximum Gasteiger partial charge on any atom is 0.416 e. The number of nitrogens with one attached hydrogen (secondary N) is 1. The van der Waals surface area contributed by atoms with Crippen molar-refractivity contribution in [2.75, 3.05) is 29.9 Å². The van der Waals surface area contributed by atoms with Crippen molar-refractivity contribution in [3.8, 4) is 0 Å². The van der Waals surface area contributed by atoms with Gasteiger partial charge in [0.1, 0.15) is 6.61 Å². The number of rotatable bonds is 6. The van der Waals surface area contributed by atoms with Gasteiger partial charge in [-0.25, -0.2) is 4.79 Å². The predicted octanol–water partition coefficient (Wildman–Crippen LogP) is 4.78. The summed E-state index contributed by atoms with van der Waals surface area (Å²) in [5.41, 5.74) is 0.341. The molecule has 4 nitrogen and oxygen atoms in total. The minimum Gasteiger partial charge on any atom is -0.447 e. The Hall–Kier alpha value is -2.70. The zero-order valence-electron chi connectivity index (χ0n) is 13.7. The van der Waals surface area contributed by atoms with E-state index >= 15 is 0 Å². The number of amides is 1. The molecule has 7 heteroatoms. The van der Waals surface area contributed by atoms with Gasteiger partial charge in [-0.15, -0.1) is 0 Å². The molecular weight excluding hydrogens is 333 g/mol. The maximum absolute atomic E-state index is 12.8. The van der Waals surface area contributed by atoms with Crippen LogP contribution in [0.4, 0.5) is 29.3 Å². The molecule has 134 valence electrons. The van der Waals surface area contributed by atoms with Crippen LogP contribution >= 0.6 is 0 Å². The van der Waals surface area contributed by atoms with E-state index in [9.17, 15) is 18.0 Å². The summed E-state index contributed by atoms with van der Waals surface area (Å²) in [5, 5.41) is 2.57. The van der Waals surface area contributed by atoms with E-state index in [4.69, 9.17) is 4.74 Å². The SMILES string of the molecule is CCN(CCOC(=O)Nc1ccccc1)c1cccc(C(F)(F)F)c1. The number of carbonyl (C=O) groups is 1. The van der Waals surface area contributed by atoms with Crippen LogP contribution in [0.25, 0.3) is 0 Å². The van der Waals surface area contributed by atoms with Crippen molar-refractivity contribution in [3.05, 3.63) is 60.2 Å². The van der Waals surface area contributed by atoms with Gasteiger partial charge in [0.05, 0.1) is 12.1 Å². The average molecular weight is 352 g/mol. The molecule has 2 aromatic carbocycles. The summed E-state index contributed by atoms with van der Waals surface area (Å²) in [7, 11) is 0. The average Bonchev–Trinajstić information content (AvgIpc) is 2.59. The van der Waals surface area contributed by atoms with Crippen molar-refractivity contribution in [3.63, 3.8) is 0 Å². The lowest BCUT2D eigenvalue weighted by molar-refractivity contribution is -0.137. The van der Waals surface area contributed by atoms with Crippen molar-refractivity contribution in [1.82, 2.24) is 0 Å². The highest BCUT2D eigenvalue weighted by Gasteiger charge is 2.30. The van der Waals surface area contributed by atoms with E-state index in [1.165, 1.54) is 6.07 Å². The molecule has 0 saturated heterocycles. The second kappa shape index (κ2) is 8.41. The van der Waals surface area contributed by atoms with Crippen LogP contribution in [0.15, 0.2) is 54.6 Å². The number of benzene rings is 2. The van der Waals surface area contributed by atoms with Gasteiger partial charge in [-0.05, 0) is 37.3 Å². The van der Waals surface area contributed by atoms with Gasteiger partial charge in [0.25, 0.3) is 0 Å².